The van der Waals surface area contributed by atoms with Crippen molar-refractivity contribution >= 4 is 44.4 Å². The van der Waals surface area contributed by atoms with E-state index in [4.69, 9.17) is 0 Å². The number of nitrogens with zero attached hydrogens (tertiary/aromatic N) is 2. The normalized spacial score (nSPS) is 13.9. The van der Waals surface area contributed by atoms with Crippen LogP contribution in [-0.2, 0) is 5.41 Å². The molecule has 0 saturated carbocycles. The fourth-order valence-electron chi connectivity index (χ4n) is 10.5. The van der Waals surface area contributed by atoms with Crippen molar-refractivity contribution in [1.82, 2.24) is 4.57 Å². The average molecular weight is 805 g/mol. The monoisotopic (exact) mass is 804 g/mol. The van der Waals surface area contributed by atoms with Crippen LogP contribution in [0.1, 0.15) is 35.1 Å². The summed E-state index contributed by atoms with van der Waals surface area (Å²) >= 11 is 0. The van der Waals surface area contributed by atoms with Crippen LogP contribution in [-0.4, -0.2) is 4.57 Å². The third-order valence-electron chi connectivity index (χ3n) is 13.4. The molecule has 0 unspecified atom stereocenters. The molecule has 2 aliphatic carbocycles. The summed E-state index contributed by atoms with van der Waals surface area (Å²) < 4.78 is 2.38. The number of hydrogen-bond donors (Lipinski definition) is 0. The van der Waals surface area contributed by atoms with E-state index in [0.29, 0.717) is 0 Å². The highest BCUT2D eigenvalue weighted by molar-refractivity contribution is 6.09. The standard InChI is InChI=1S/C61H44N2/c1-4-16-43(17-5-1)44-28-34-49(35-29-44)62(50-36-30-45(31-37-50)46-32-38-51(39-33-46)63-59-26-14-11-23-55(59)56-24-12-15-27-60(56)63)52-40-41-54-53-22-10-13-25-57(53)61(58(54)42-52,47-18-6-2-7-19-47)48-20-8-3-9-21-48/h1-9,11-21,23-42H,10,22H2. The first-order valence-corrected chi connectivity index (χ1v) is 22.1. The molecule has 10 aromatic rings. The highest BCUT2D eigenvalue weighted by atomic mass is 15.1. The number of allylic oxidation sites excluding steroid dienone is 4. The van der Waals surface area contributed by atoms with Crippen molar-refractivity contribution in [3.8, 4) is 27.9 Å². The summed E-state index contributed by atoms with van der Waals surface area (Å²) in [6.45, 7) is 0. The number of anilines is 3. The topological polar surface area (TPSA) is 8.17 Å². The molecule has 0 amide bonds. The van der Waals surface area contributed by atoms with Crippen molar-refractivity contribution in [2.45, 2.75) is 18.3 Å². The summed E-state index contributed by atoms with van der Waals surface area (Å²) in [5, 5.41) is 2.54. The van der Waals surface area contributed by atoms with E-state index in [0.717, 1.165) is 35.6 Å². The van der Waals surface area contributed by atoms with Gasteiger partial charge in [0.25, 0.3) is 0 Å². The zero-order valence-electron chi connectivity index (χ0n) is 34.9. The Balaban J connectivity index is 0.975. The average Bonchev–Trinajstić information content (AvgIpc) is 3.86. The van der Waals surface area contributed by atoms with Gasteiger partial charge < -0.3 is 9.47 Å². The molecule has 0 saturated heterocycles. The van der Waals surface area contributed by atoms with Crippen molar-refractivity contribution in [1.29, 1.82) is 0 Å². The van der Waals surface area contributed by atoms with E-state index >= 15 is 0 Å². The van der Waals surface area contributed by atoms with Crippen LogP contribution in [0.2, 0.25) is 0 Å². The van der Waals surface area contributed by atoms with Gasteiger partial charge in [0, 0.05) is 33.5 Å². The van der Waals surface area contributed by atoms with E-state index in [1.807, 2.05) is 0 Å². The predicted molar refractivity (Wildman–Crippen MR) is 264 cm³/mol. The molecule has 2 aliphatic rings. The Morgan fingerprint density at radius 1 is 0.413 bits per heavy atom. The molecule has 0 fully saturated rings. The summed E-state index contributed by atoms with van der Waals surface area (Å²) in [5.74, 6) is 0. The zero-order chi connectivity index (χ0) is 41.7. The maximum atomic E-state index is 2.48. The second-order valence-corrected chi connectivity index (χ2v) is 16.8. The van der Waals surface area contributed by atoms with Gasteiger partial charge in [0.2, 0.25) is 0 Å². The number of hydrogen-bond acceptors (Lipinski definition) is 1. The fraction of sp³-hybridized carbons (Fsp3) is 0.0492. The number of rotatable bonds is 8. The highest BCUT2D eigenvalue weighted by Crippen LogP contribution is 2.58. The third-order valence-corrected chi connectivity index (χ3v) is 13.4. The Kier molecular flexibility index (Phi) is 8.90. The van der Waals surface area contributed by atoms with Gasteiger partial charge in [-0.05, 0) is 129 Å². The Bertz CT molecular complexity index is 3250. The van der Waals surface area contributed by atoms with Crippen molar-refractivity contribution < 1.29 is 0 Å². The smallest absolute Gasteiger partial charge is 0.0710 e. The molecule has 9 aromatic carbocycles. The molecular formula is C61H44N2. The summed E-state index contributed by atoms with van der Waals surface area (Å²) in [6.07, 6.45) is 6.86. The van der Waals surface area contributed by atoms with Crippen LogP contribution in [0, 0.1) is 0 Å². The van der Waals surface area contributed by atoms with E-state index < -0.39 is 5.41 Å². The molecule has 0 aliphatic heterocycles. The lowest BCUT2D eigenvalue weighted by Crippen LogP contribution is -2.29. The minimum Gasteiger partial charge on any atom is -0.310 e. The van der Waals surface area contributed by atoms with Gasteiger partial charge in [0.05, 0.1) is 16.4 Å². The lowest BCUT2D eigenvalue weighted by Gasteiger charge is -2.36. The quantitative estimate of drug-likeness (QED) is 0.149. The van der Waals surface area contributed by atoms with Crippen LogP contribution in [0.15, 0.2) is 248 Å². The molecule has 1 heterocycles. The Morgan fingerprint density at radius 2 is 0.873 bits per heavy atom. The van der Waals surface area contributed by atoms with Crippen LogP contribution in [0.25, 0.3) is 55.3 Å². The maximum Gasteiger partial charge on any atom is 0.0710 e. The number of benzene rings is 9. The first kappa shape index (κ1) is 36.9. The second kappa shape index (κ2) is 15.2. The fourth-order valence-corrected chi connectivity index (χ4v) is 10.5. The molecule has 0 N–H and O–H groups in total. The first-order chi connectivity index (χ1) is 31.3. The predicted octanol–water partition coefficient (Wildman–Crippen LogP) is 16.0. The van der Waals surface area contributed by atoms with Gasteiger partial charge in [-0.2, -0.15) is 0 Å². The highest BCUT2D eigenvalue weighted by Gasteiger charge is 2.47. The molecule has 298 valence electrons. The van der Waals surface area contributed by atoms with Gasteiger partial charge in [-0.3, -0.25) is 0 Å². The summed E-state index contributed by atoms with van der Waals surface area (Å²) in [6, 6.07) is 84.7. The molecule has 2 heteroatoms. The molecule has 12 rings (SSSR count). The molecule has 2 nitrogen and oxygen atoms in total. The lowest BCUT2D eigenvalue weighted by molar-refractivity contribution is 0.756. The Morgan fingerprint density at radius 3 is 1.43 bits per heavy atom. The van der Waals surface area contributed by atoms with Gasteiger partial charge in [0.15, 0.2) is 0 Å². The van der Waals surface area contributed by atoms with E-state index in [9.17, 15) is 0 Å². The zero-order valence-corrected chi connectivity index (χ0v) is 34.9. The number of para-hydroxylation sites is 2. The number of aromatic nitrogens is 1. The van der Waals surface area contributed by atoms with Gasteiger partial charge >= 0.3 is 0 Å². The van der Waals surface area contributed by atoms with Crippen LogP contribution < -0.4 is 4.90 Å². The van der Waals surface area contributed by atoms with Gasteiger partial charge in [0.1, 0.15) is 0 Å². The maximum absolute atomic E-state index is 2.48. The van der Waals surface area contributed by atoms with Crippen molar-refractivity contribution in [3.05, 3.63) is 271 Å². The molecule has 0 spiro atoms. The number of fused-ring (bicyclic) bond motifs is 5. The minimum atomic E-state index is -0.446. The van der Waals surface area contributed by atoms with Gasteiger partial charge in [-0.1, -0.05) is 182 Å². The van der Waals surface area contributed by atoms with Crippen molar-refractivity contribution in [3.63, 3.8) is 0 Å². The molecule has 0 bridgehead atoms. The van der Waals surface area contributed by atoms with E-state index in [2.05, 4.69) is 252 Å². The SMILES string of the molecule is C1=CC2=C(CC1)c1ccc(N(c3ccc(-c4ccccc4)cc3)c3ccc(-c4ccc(-n5c6ccccc6c6ccccc65)cc4)cc3)cc1C2(c1ccccc1)c1ccccc1. The molecule has 0 atom stereocenters. The van der Waals surface area contributed by atoms with Crippen molar-refractivity contribution in [2.24, 2.45) is 0 Å². The molecule has 1 aromatic heterocycles. The van der Waals surface area contributed by atoms with Crippen LogP contribution in [0.4, 0.5) is 17.1 Å². The molecular weight excluding hydrogens is 761 g/mol. The lowest BCUT2D eigenvalue weighted by atomic mass is 9.66. The Labute approximate surface area is 369 Å². The molecule has 0 radical (unpaired) electrons. The molecule has 63 heavy (non-hydrogen) atoms. The third kappa shape index (κ3) is 6.02. The van der Waals surface area contributed by atoms with E-state index in [1.54, 1.807) is 0 Å². The summed E-state index contributed by atoms with van der Waals surface area (Å²) in [5.41, 5.74) is 19.4. The largest absolute Gasteiger partial charge is 0.310 e. The van der Waals surface area contributed by atoms with Crippen LogP contribution >= 0.6 is 0 Å². The van der Waals surface area contributed by atoms with Crippen LogP contribution in [0.5, 0.6) is 0 Å². The van der Waals surface area contributed by atoms with Gasteiger partial charge in [-0.15, -0.1) is 0 Å². The van der Waals surface area contributed by atoms with E-state index in [1.165, 1.54) is 77.5 Å². The summed E-state index contributed by atoms with van der Waals surface area (Å²) in [4.78, 5) is 2.43. The Hall–Kier alpha value is -7.94. The van der Waals surface area contributed by atoms with Crippen molar-refractivity contribution in [2.75, 3.05) is 4.90 Å². The van der Waals surface area contributed by atoms with Crippen LogP contribution in [0.3, 0.4) is 0 Å². The summed E-state index contributed by atoms with van der Waals surface area (Å²) in [7, 11) is 0. The first-order valence-electron chi connectivity index (χ1n) is 22.1. The second-order valence-electron chi connectivity index (χ2n) is 16.8. The van der Waals surface area contributed by atoms with Gasteiger partial charge in [-0.25, -0.2) is 0 Å². The van der Waals surface area contributed by atoms with E-state index in [-0.39, 0.29) is 0 Å². The minimum absolute atomic E-state index is 0.446.